The van der Waals surface area contributed by atoms with Crippen LogP contribution in [0.25, 0.3) is 0 Å². The van der Waals surface area contributed by atoms with Gasteiger partial charge in [-0.2, -0.15) is 0 Å². The van der Waals surface area contributed by atoms with Crippen molar-refractivity contribution in [2.24, 2.45) is 5.92 Å². The lowest BCUT2D eigenvalue weighted by atomic mass is 10.0. The Hall–Kier alpha value is -0.970. The Labute approximate surface area is 212 Å². The number of aliphatic hydroxyl groups is 1. The zero-order valence-electron chi connectivity index (χ0n) is 20.1. The van der Waals surface area contributed by atoms with Gasteiger partial charge in [0.05, 0.1) is 29.9 Å². The van der Waals surface area contributed by atoms with Gasteiger partial charge in [-0.3, -0.25) is 0 Å². The highest BCUT2D eigenvalue weighted by Gasteiger charge is 2.51. The molecule has 8 atom stereocenters. The van der Waals surface area contributed by atoms with E-state index in [1.165, 1.54) is 0 Å². The highest BCUT2D eigenvalue weighted by Crippen LogP contribution is 2.42. The van der Waals surface area contributed by atoms with E-state index in [1.54, 1.807) is 6.07 Å². The van der Waals surface area contributed by atoms with Crippen molar-refractivity contribution in [2.45, 2.75) is 94.7 Å². The van der Waals surface area contributed by atoms with Gasteiger partial charge in [0.1, 0.15) is 18.5 Å². The minimum atomic E-state index is -0.755. The van der Waals surface area contributed by atoms with Crippen molar-refractivity contribution in [3.8, 4) is 5.75 Å². The molecule has 0 spiro atoms. The third kappa shape index (κ3) is 6.87. The van der Waals surface area contributed by atoms with Crippen LogP contribution < -0.4 is 4.74 Å². The van der Waals surface area contributed by atoms with E-state index in [1.807, 2.05) is 18.2 Å². The first-order valence-electron chi connectivity index (χ1n) is 13.0. The van der Waals surface area contributed by atoms with Gasteiger partial charge in [0.15, 0.2) is 18.9 Å². The monoisotopic (exact) mass is 512 g/mol. The van der Waals surface area contributed by atoms with Crippen LogP contribution in [0.3, 0.4) is 0 Å². The molecule has 1 aliphatic carbocycles. The van der Waals surface area contributed by atoms with Crippen molar-refractivity contribution >= 4 is 11.6 Å². The molecule has 3 saturated heterocycles. The molecule has 9 heteroatoms. The minimum Gasteiger partial charge on any atom is -0.489 e. The highest BCUT2D eigenvalue weighted by molar-refractivity contribution is 6.32. The SMILES string of the molecule is OC1C[C@H]2C(OCC(COc3ccccc3Cl)OC3CCCCO3)[C@H](OC3CCCCO3)C[C@H]2O1. The van der Waals surface area contributed by atoms with Gasteiger partial charge in [0.25, 0.3) is 0 Å². The molecule has 0 radical (unpaired) electrons. The van der Waals surface area contributed by atoms with E-state index in [-0.39, 0.29) is 49.5 Å². The van der Waals surface area contributed by atoms with Crippen LogP contribution in [-0.4, -0.2) is 74.8 Å². The topological polar surface area (TPSA) is 84.8 Å². The number of hydrogen-bond donors (Lipinski definition) is 1. The van der Waals surface area contributed by atoms with Gasteiger partial charge in [-0.15, -0.1) is 0 Å². The van der Waals surface area contributed by atoms with Crippen molar-refractivity contribution in [3.63, 3.8) is 0 Å². The van der Waals surface area contributed by atoms with E-state index in [0.717, 1.165) is 45.1 Å². The molecule has 3 aliphatic heterocycles. The van der Waals surface area contributed by atoms with E-state index in [0.29, 0.717) is 36.8 Å². The second kappa shape index (κ2) is 12.5. The third-order valence-corrected chi connectivity index (χ3v) is 7.53. The standard InChI is InChI=1S/C26H37ClO8/c27-19-7-1-2-8-20(19)31-15-17(33-24-9-3-5-11-29-24)16-32-26-18-13-23(28)34-21(18)14-22(26)35-25-10-4-6-12-30-25/h1-2,7-8,17-18,21-26,28H,3-6,9-16H2/t17?,18-,21-,22-,23?,24?,25?,26?/m1/s1. The smallest absolute Gasteiger partial charge is 0.158 e. The molecule has 196 valence electrons. The maximum absolute atomic E-state index is 10.1. The van der Waals surface area contributed by atoms with Crippen LogP contribution in [0, 0.1) is 5.92 Å². The summed E-state index contributed by atoms with van der Waals surface area (Å²) in [7, 11) is 0. The molecule has 4 fully saturated rings. The lowest BCUT2D eigenvalue weighted by Gasteiger charge is -2.32. The van der Waals surface area contributed by atoms with Gasteiger partial charge in [0.2, 0.25) is 0 Å². The van der Waals surface area contributed by atoms with E-state index in [4.69, 9.17) is 44.8 Å². The predicted molar refractivity (Wildman–Crippen MR) is 127 cm³/mol. The van der Waals surface area contributed by atoms with Crippen molar-refractivity contribution in [3.05, 3.63) is 29.3 Å². The number of benzene rings is 1. The molecule has 3 heterocycles. The van der Waals surface area contributed by atoms with E-state index < -0.39 is 6.29 Å². The number of para-hydroxylation sites is 1. The van der Waals surface area contributed by atoms with Gasteiger partial charge in [-0.1, -0.05) is 23.7 Å². The van der Waals surface area contributed by atoms with E-state index in [2.05, 4.69) is 0 Å². The Bertz CT molecular complexity index is 784. The Kier molecular flexibility index (Phi) is 9.18. The summed E-state index contributed by atoms with van der Waals surface area (Å²) in [4.78, 5) is 0. The summed E-state index contributed by atoms with van der Waals surface area (Å²) in [5.41, 5.74) is 0. The molecule has 4 aliphatic rings. The zero-order chi connectivity index (χ0) is 24.0. The van der Waals surface area contributed by atoms with Gasteiger partial charge in [0, 0.05) is 32.0 Å². The summed E-state index contributed by atoms with van der Waals surface area (Å²) in [6, 6.07) is 7.39. The third-order valence-electron chi connectivity index (χ3n) is 7.22. The Balaban J connectivity index is 1.23. The normalized spacial score (nSPS) is 36.1. The molecule has 35 heavy (non-hydrogen) atoms. The lowest BCUT2D eigenvalue weighted by molar-refractivity contribution is -0.227. The Morgan fingerprint density at radius 2 is 1.74 bits per heavy atom. The van der Waals surface area contributed by atoms with Crippen LogP contribution >= 0.6 is 11.6 Å². The molecule has 1 aromatic rings. The molecule has 1 aromatic carbocycles. The Morgan fingerprint density at radius 1 is 0.971 bits per heavy atom. The molecular weight excluding hydrogens is 476 g/mol. The second-order valence-electron chi connectivity index (χ2n) is 9.83. The lowest BCUT2D eigenvalue weighted by Crippen LogP contribution is -2.40. The van der Waals surface area contributed by atoms with Crippen molar-refractivity contribution in [1.29, 1.82) is 0 Å². The van der Waals surface area contributed by atoms with E-state index >= 15 is 0 Å². The number of halogens is 1. The fraction of sp³-hybridized carbons (Fsp3) is 0.769. The maximum Gasteiger partial charge on any atom is 0.158 e. The van der Waals surface area contributed by atoms with Crippen molar-refractivity contribution < 1.29 is 38.3 Å². The summed E-state index contributed by atoms with van der Waals surface area (Å²) < 4.78 is 42.5. The summed E-state index contributed by atoms with van der Waals surface area (Å²) in [5, 5.41) is 10.6. The van der Waals surface area contributed by atoms with Gasteiger partial charge in [-0.05, 0) is 50.7 Å². The molecule has 0 amide bonds. The van der Waals surface area contributed by atoms with Gasteiger partial charge >= 0.3 is 0 Å². The van der Waals surface area contributed by atoms with Crippen LogP contribution in [0.15, 0.2) is 24.3 Å². The van der Waals surface area contributed by atoms with Crippen LogP contribution in [-0.2, 0) is 28.4 Å². The molecule has 0 bridgehead atoms. The molecular formula is C26H37ClO8. The highest BCUT2D eigenvalue weighted by atomic mass is 35.5. The molecule has 5 rings (SSSR count). The molecule has 8 nitrogen and oxygen atoms in total. The fourth-order valence-electron chi connectivity index (χ4n) is 5.46. The van der Waals surface area contributed by atoms with Crippen molar-refractivity contribution in [2.75, 3.05) is 26.4 Å². The van der Waals surface area contributed by atoms with Crippen molar-refractivity contribution in [1.82, 2.24) is 0 Å². The first kappa shape index (κ1) is 25.7. The molecule has 5 unspecified atom stereocenters. The van der Waals surface area contributed by atoms with Crippen LogP contribution in [0.4, 0.5) is 0 Å². The molecule has 1 N–H and O–H groups in total. The van der Waals surface area contributed by atoms with Crippen LogP contribution in [0.2, 0.25) is 5.02 Å². The summed E-state index contributed by atoms with van der Waals surface area (Å²) >= 11 is 6.28. The maximum atomic E-state index is 10.1. The second-order valence-corrected chi connectivity index (χ2v) is 10.2. The number of aliphatic hydroxyl groups excluding tert-OH is 1. The first-order chi connectivity index (χ1) is 17.2. The molecule has 0 aromatic heterocycles. The van der Waals surface area contributed by atoms with Crippen LogP contribution in [0.1, 0.15) is 51.4 Å². The zero-order valence-corrected chi connectivity index (χ0v) is 20.9. The predicted octanol–water partition coefficient (Wildman–Crippen LogP) is 4.05. The average molecular weight is 513 g/mol. The summed E-state index contributed by atoms with van der Waals surface area (Å²) in [5.74, 6) is 0.672. The molecule has 1 saturated carbocycles. The quantitative estimate of drug-likeness (QED) is 0.502. The first-order valence-corrected chi connectivity index (χ1v) is 13.4. The Morgan fingerprint density at radius 3 is 2.49 bits per heavy atom. The number of ether oxygens (including phenoxy) is 7. The van der Waals surface area contributed by atoms with E-state index in [9.17, 15) is 5.11 Å². The number of rotatable bonds is 10. The summed E-state index contributed by atoms with van der Waals surface area (Å²) in [6.07, 6.45) is 5.19. The minimum absolute atomic E-state index is 0.0645. The average Bonchev–Trinajstić information content (AvgIpc) is 3.38. The fourth-order valence-corrected chi connectivity index (χ4v) is 5.65. The van der Waals surface area contributed by atoms with Gasteiger partial charge < -0.3 is 38.3 Å². The number of fused-ring (bicyclic) bond motifs is 1. The van der Waals surface area contributed by atoms with Crippen LogP contribution in [0.5, 0.6) is 5.75 Å². The number of hydrogen-bond acceptors (Lipinski definition) is 8. The largest absolute Gasteiger partial charge is 0.489 e. The summed E-state index contributed by atoms with van der Waals surface area (Å²) in [6.45, 7) is 2.00. The van der Waals surface area contributed by atoms with Gasteiger partial charge in [-0.25, -0.2) is 0 Å².